The number of aromatic nitrogens is 2. The average Bonchev–Trinajstić information content (AvgIpc) is 2.71. The summed E-state index contributed by atoms with van der Waals surface area (Å²) in [5.41, 5.74) is 1.66. The van der Waals surface area contributed by atoms with E-state index < -0.39 is 11.9 Å². The Kier molecular flexibility index (Phi) is 6.80. The van der Waals surface area contributed by atoms with Gasteiger partial charge in [-0.05, 0) is 55.5 Å². The molecule has 1 aliphatic heterocycles. The van der Waals surface area contributed by atoms with E-state index in [0.717, 1.165) is 30.3 Å². The quantitative estimate of drug-likeness (QED) is 0.551. The molecule has 0 unspecified atom stereocenters. The Hall–Kier alpha value is -3.13. The summed E-state index contributed by atoms with van der Waals surface area (Å²) in [6.45, 7) is 3.71. The first-order chi connectivity index (χ1) is 14.4. The second-order valence-electron chi connectivity index (χ2n) is 7.67. The highest BCUT2D eigenvalue weighted by Crippen LogP contribution is 2.34. The Balaban J connectivity index is 0.00000272. The van der Waals surface area contributed by atoms with Crippen LogP contribution in [0.15, 0.2) is 36.4 Å². The molecule has 0 spiro atoms. The first kappa shape index (κ1) is 22.6. The van der Waals surface area contributed by atoms with Gasteiger partial charge in [-0.2, -0.15) is 0 Å². The zero-order valence-corrected chi connectivity index (χ0v) is 17.8. The number of fused-ring (bicyclic) bond motifs is 1. The lowest BCUT2D eigenvalue weighted by Gasteiger charge is -2.34. The molecule has 1 amide bonds. The maximum atomic E-state index is 14.5. The summed E-state index contributed by atoms with van der Waals surface area (Å²) in [7, 11) is 0. The molecule has 1 aromatic heterocycles. The molecule has 1 saturated heterocycles. The van der Waals surface area contributed by atoms with Crippen LogP contribution in [0.2, 0.25) is 0 Å². The van der Waals surface area contributed by atoms with E-state index in [1.807, 2.05) is 25.1 Å². The number of rotatable bonds is 4. The molecular weight excluding hydrogens is 423 g/mol. The van der Waals surface area contributed by atoms with Crippen LogP contribution < -0.4 is 10.2 Å². The topological polar surface area (TPSA) is 98.6 Å². The molecule has 3 N–H and O–H groups in total. The van der Waals surface area contributed by atoms with Crippen molar-refractivity contribution in [2.24, 2.45) is 5.92 Å². The maximum Gasteiger partial charge on any atom is 0.404 e. The Bertz CT molecular complexity index is 1090. The number of carbonyl (C=O) groups is 1. The Morgan fingerprint density at radius 1 is 1.29 bits per heavy atom. The minimum absolute atomic E-state index is 0. The van der Waals surface area contributed by atoms with Crippen molar-refractivity contribution in [2.45, 2.75) is 19.8 Å². The number of hydrogen-bond acceptors (Lipinski definition) is 5. The molecule has 9 heteroatoms. The van der Waals surface area contributed by atoms with E-state index in [1.165, 1.54) is 18.2 Å². The third-order valence-corrected chi connectivity index (χ3v) is 5.41. The molecule has 2 aromatic carbocycles. The van der Waals surface area contributed by atoms with Crippen molar-refractivity contribution < 1.29 is 19.4 Å². The largest absolute Gasteiger partial charge is 0.507 e. The summed E-state index contributed by atoms with van der Waals surface area (Å²) in [6, 6.07) is 9.95. The number of anilines is 1. The molecule has 3 aromatic rings. The van der Waals surface area contributed by atoms with Crippen LogP contribution >= 0.6 is 12.4 Å². The van der Waals surface area contributed by atoms with E-state index in [9.17, 15) is 14.3 Å². The second kappa shape index (κ2) is 9.34. The van der Waals surface area contributed by atoms with E-state index in [-0.39, 0.29) is 35.5 Å². The van der Waals surface area contributed by atoms with Crippen LogP contribution in [0.1, 0.15) is 18.4 Å². The molecule has 0 bridgehead atoms. The number of halogens is 2. The summed E-state index contributed by atoms with van der Waals surface area (Å²) >= 11 is 0. The summed E-state index contributed by atoms with van der Waals surface area (Å²) < 4.78 is 14.5. The molecule has 0 saturated carbocycles. The van der Waals surface area contributed by atoms with Gasteiger partial charge in [-0.15, -0.1) is 12.4 Å². The van der Waals surface area contributed by atoms with Crippen LogP contribution in [-0.4, -0.2) is 45.9 Å². The molecule has 1 atom stereocenters. The number of carboxylic acid groups (broad SMARTS) is 1. The summed E-state index contributed by atoms with van der Waals surface area (Å²) in [6.07, 6.45) is 0.774. The predicted octanol–water partition coefficient (Wildman–Crippen LogP) is 4.36. The number of phenols is 1. The number of nitrogens with one attached hydrogen (secondary N) is 1. The molecule has 4 rings (SSSR count). The molecule has 2 heterocycles. The summed E-state index contributed by atoms with van der Waals surface area (Å²) in [5.74, 6) is 0.142. The first-order valence-corrected chi connectivity index (χ1v) is 9.90. The molecule has 7 nitrogen and oxygen atoms in total. The van der Waals surface area contributed by atoms with Crippen LogP contribution in [0.4, 0.5) is 15.0 Å². The molecule has 164 valence electrons. The lowest BCUT2D eigenvalue weighted by Crippen LogP contribution is -2.41. The van der Waals surface area contributed by atoms with Crippen LogP contribution in [0, 0.1) is 18.7 Å². The van der Waals surface area contributed by atoms with E-state index in [0.29, 0.717) is 24.4 Å². The third-order valence-electron chi connectivity index (χ3n) is 5.41. The minimum atomic E-state index is -1.03. The Labute approximate surface area is 185 Å². The number of piperidine rings is 1. The van der Waals surface area contributed by atoms with E-state index in [2.05, 4.69) is 20.2 Å². The van der Waals surface area contributed by atoms with Gasteiger partial charge in [0.15, 0.2) is 5.82 Å². The summed E-state index contributed by atoms with van der Waals surface area (Å²) in [5, 5.41) is 22.4. The number of amides is 1. The van der Waals surface area contributed by atoms with Crippen molar-refractivity contribution in [3.05, 3.63) is 47.8 Å². The van der Waals surface area contributed by atoms with Crippen molar-refractivity contribution in [1.29, 1.82) is 0 Å². The molecular formula is C22H24ClFN4O3. The molecule has 1 aliphatic rings. The highest BCUT2D eigenvalue weighted by Gasteiger charge is 2.25. The van der Waals surface area contributed by atoms with E-state index >= 15 is 0 Å². The zero-order chi connectivity index (χ0) is 21.3. The van der Waals surface area contributed by atoms with Crippen molar-refractivity contribution in [3.8, 4) is 17.1 Å². The second-order valence-corrected chi connectivity index (χ2v) is 7.67. The van der Waals surface area contributed by atoms with Crippen molar-refractivity contribution in [3.63, 3.8) is 0 Å². The van der Waals surface area contributed by atoms with Gasteiger partial charge in [0.2, 0.25) is 0 Å². The number of hydrogen-bond donors (Lipinski definition) is 3. The standard InChI is InChI=1S/C22H23FN4O3.ClH/c1-13-7-8-15-17(10-13)25-20(19-16(23)5-2-6-18(19)28)26-21(15)27-9-3-4-14(12-27)11-24-22(29)30;/h2,5-8,10,14,24,28H,3-4,9,11-12H2,1H3,(H,29,30);1H/t14-;/m0./s1. The van der Waals surface area contributed by atoms with E-state index in [4.69, 9.17) is 5.11 Å². The van der Waals surface area contributed by atoms with Gasteiger partial charge in [0.05, 0.1) is 11.1 Å². The van der Waals surface area contributed by atoms with Crippen molar-refractivity contribution >= 4 is 35.2 Å². The van der Waals surface area contributed by atoms with Gasteiger partial charge in [0.1, 0.15) is 17.4 Å². The number of phenolic OH excluding ortho intramolecular Hbond substituents is 1. The third kappa shape index (κ3) is 4.80. The normalized spacial score (nSPS) is 16.1. The maximum absolute atomic E-state index is 14.5. The number of benzene rings is 2. The lowest BCUT2D eigenvalue weighted by atomic mass is 9.97. The SMILES string of the molecule is Cc1ccc2c(N3CCC[C@@H](CNC(=O)O)C3)nc(-c3c(O)cccc3F)nc2c1.Cl. The van der Waals surface area contributed by atoms with Gasteiger partial charge in [-0.1, -0.05) is 12.1 Å². The monoisotopic (exact) mass is 446 g/mol. The van der Waals surface area contributed by atoms with Crippen LogP contribution in [0.5, 0.6) is 5.75 Å². The van der Waals surface area contributed by atoms with Gasteiger partial charge in [0.25, 0.3) is 0 Å². The van der Waals surface area contributed by atoms with Crippen LogP contribution in [0.25, 0.3) is 22.3 Å². The summed E-state index contributed by atoms with van der Waals surface area (Å²) in [4.78, 5) is 22.1. The minimum Gasteiger partial charge on any atom is -0.507 e. The fraction of sp³-hybridized carbons (Fsp3) is 0.318. The van der Waals surface area contributed by atoms with Crippen molar-refractivity contribution in [1.82, 2.24) is 15.3 Å². The number of aromatic hydroxyl groups is 1. The first-order valence-electron chi connectivity index (χ1n) is 9.90. The smallest absolute Gasteiger partial charge is 0.404 e. The van der Waals surface area contributed by atoms with Gasteiger partial charge in [-0.3, -0.25) is 0 Å². The Morgan fingerprint density at radius 2 is 2.10 bits per heavy atom. The number of nitrogens with zero attached hydrogens (tertiary/aromatic N) is 3. The molecule has 31 heavy (non-hydrogen) atoms. The van der Waals surface area contributed by atoms with Crippen LogP contribution in [0.3, 0.4) is 0 Å². The van der Waals surface area contributed by atoms with Crippen molar-refractivity contribution in [2.75, 3.05) is 24.5 Å². The fourth-order valence-electron chi connectivity index (χ4n) is 3.97. The lowest BCUT2D eigenvalue weighted by molar-refractivity contribution is 0.191. The Morgan fingerprint density at radius 3 is 2.84 bits per heavy atom. The zero-order valence-electron chi connectivity index (χ0n) is 17.0. The van der Waals surface area contributed by atoms with Gasteiger partial charge in [-0.25, -0.2) is 19.2 Å². The number of aryl methyl sites for hydroxylation is 1. The molecule has 1 fully saturated rings. The average molecular weight is 447 g/mol. The van der Waals surface area contributed by atoms with Gasteiger partial charge in [0, 0.05) is 25.0 Å². The van der Waals surface area contributed by atoms with Gasteiger partial charge < -0.3 is 20.4 Å². The van der Waals surface area contributed by atoms with Crippen LogP contribution in [-0.2, 0) is 0 Å². The van der Waals surface area contributed by atoms with E-state index in [1.54, 1.807) is 0 Å². The highest BCUT2D eigenvalue weighted by molar-refractivity contribution is 5.92. The van der Waals surface area contributed by atoms with Gasteiger partial charge >= 0.3 is 6.09 Å². The molecule has 0 aliphatic carbocycles. The highest BCUT2D eigenvalue weighted by atomic mass is 35.5. The predicted molar refractivity (Wildman–Crippen MR) is 120 cm³/mol. The fourth-order valence-corrected chi connectivity index (χ4v) is 3.97. The molecule has 0 radical (unpaired) electrons.